The zero-order valence-corrected chi connectivity index (χ0v) is 31.5. The van der Waals surface area contributed by atoms with Crippen molar-refractivity contribution in [1.29, 1.82) is 0 Å². The van der Waals surface area contributed by atoms with Crippen molar-refractivity contribution in [1.82, 2.24) is 14.7 Å². The minimum absolute atomic E-state index is 0.0922. The SMILES string of the molecule is CCN(c1cc(C#CCN2CCN(C(C)(C)C)CC2)cc(C(=O)CCC2=C(C)C=C(C)CC2=O)c1C)C1CCC(N(C)CCOC)CC1. The van der Waals surface area contributed by atoms with E-state index < -0.39 is 0 Å². The number of piperazine rings is 1. The van der Waals surface area contributed by atoms with E-state index in [0.29, 0.717) is 31.3 Å². The average molecular weight is 659 g/mol. The molecule has 1 saturated carbocycles. The molecule has 264 valence electrons. The van der Waals surface area contributed by atoms with Crippen LogP contribution in [0.5, 0.6) is 0 Å². The second kappa shape index (κ2) is 17.3. The summed E-state index contributed by atoms with van der Waals surface area (Å²) in [5.41, 5.74) is 6.89. The van der Waals surface area contributed by atoms with Gasteiger partial charge in [0.1, 0.15) is 0 Å². The molecule has 2 fully saturated rings. The van der Waals surface area contributed by atoms with Gasteiger partial charge in [0.05, 0.1) is 13.2 Å². The third-order valence-corrected chi connectivity index (χ3v) is 10.9. The maximum Gasteiger partial charge on any atom is 0.163 e. The van der Waals surface area contributed by atoms with Gasteiger partial charge in [-0.25, -0.2) is 0 Å². The molecule has 1 aliphatic heterocycles. The summed E-state index contributed by atoms with van der Waals surface area (Å²) < 4.78 is 5.32. The number of carbonyl (C=O) groups is 2. The third kappa shape index (κ3) is 9.91. The molecule has 2 aliphatic carbocycles. The number of Topliss-reactive ketones (excluding diaryl/α,β-unsaturated/α-hetero) is 2. The van der Waals surface area contributed by atoms with Gasteiger partial charge in [-0.1, -0.05) is 23.5 Å². The summed E-state index contributed by atoms with van der Waals surface area (Å²) in [6.45, 7) is 22.6. The minimum atomic E-state index is 0.0922. The summed E-state index contributed by atoms with van der Waals surface area (Å²) >= 11 is 0. The number of hydrogen-bond donors (Lipinski definition) is 0. The molecule has 7 nitrogen and oxygen atoms in total. The van der Waals surface area contributed by atoms with Gasteiger partial charge in [-0.3, -0.25) is 19.4 Å². The molecule has 4 rings (SSSR count). The van der Waals surface area contributed by atoms with Crippen LogP contribution in [-0.4, -0.2) is 110 Å². The zero-order valence-electron chi connectivity index (χ0n) is 31.5. The van der Waals surface area contributed by atoms with E-state index in [4.69, 9.17) is 4.74 Å². The van der Waals surface area contributed by atoms with Crippen LogP contribution in [0.25, 0.3) is 0 Å². The molecule has 0 N–H and O–H groups in total. The predicted octanol–water partition coefficient (Wildman–Crippen LogP) is 6.68. The lowest BCUT2D eigenvalue weighted by atomic mass is 9.87. The first-order valence-electron chi connectivity index (χ1n) is 18.3. The first-order valence-corrected chi connectivity index (χ1v) is 18.3. The van der Waals surface area contributed by atoms with Crippen LogP contribution >= 0.6 is 0 Å². The summed E-state index contributed by atoms with van der Waals surface area (Å²) in [4.78, 5) is 36.7. The van der Waals surface area contributed by atoms with Crippen LogP contribution in [0.2, 0.25) is 0 Å². The van der Waals surface area contributed by atoms with Gasteiger partial charge in [-0.05, 0) is 116 Å². The van der Waals surface area contributed by atoms with Crippen molar-refractivity contribution in [3.63, 3.8) is 0 Å². The van der Waals surface area contributed by atoms with E-state index in [2.05, 4.69) is 85.2 Å². The number of hydrogen-bond acceptors (Lipinski definition) is 7. The maximum absolute atomic E-state index is 14.0. The van der Waals surface area contributed by atoms with Gasteiger partial charge >= 0.3 is 0 Å². The number of benzene rings is 1. The molecular weight excluding hydrogens is 596 g/mol. The Morgan fingerprint density at radius 3 is 2.29 bits per heavy atom. The van der Waals surface area contributed by atoms with Crippen LogP contribution in [0, 0.1) is 18.8 Å². The van der Waals surface area contributed by atoms with Crippen LogP contribution in [0.3, 0.4) is 0 Å². The number of anilines is 1. The molecule has 7 heteroatoms. The second-order valence-electron chi connectivity index (χ2n) is 15.3. The highest BCUT2D eigenvalue weighted by atomic mass is 16.5. The largest absolute Gasteiger partial charge is 0.383 e. The number of allylic oxidation sites excluding steroid dienone is 4. The molecule has 0 atom stereocenters. The van der Waals surface area contributed by atoms with Gasteiger partial charge in [-0.15, -0.1) is 0 Å². The molecule has 0 spiro atoms. The second-order valence-corrected chi connectivity index (χ2v) is 15.3. The van der Waals surface area contributed by atoms with E-state index in [9.17, 15) is 9.59 Å². The number of methoxy groups -OCH3 is 1. The molecule has 0 amide bonds. The first-order chi connectivity index (χ1) is 22.8. The Balaban J connectivity index is 1.56. The van der Waals surface area contributed by atoms with Crippen molar-refractivity contribution < 1.29 is 14.3 Å². The van der Waals surface area contributed by atoms with Gasteiger partial charge in [0, 0.05) is 93.7 Å². The molecule has 0 aromatic heterocycles. The van der Waals surface area contributed by atoms with Gasteiger partial charge in [0.2, 0.25) is 0 Å². The molecular formula is C41H62N4O3. The standard InChI is InChI=1S/C41H62N4O3/c1-10-45(35-15-13-34(14-16-35)42(8)24-25-48-9)38-29-33(12-11-19-43-20-22-44(23-21-43)41(5,6)7)28-37(32(38)4)39(46)18-17-36-31(3)26-30(2)27-40(36)47/h26,28-29,34-35H,10,13-25,27H2,1-9H3. The normalized spacial score (nSPS) is 21.3. The molecule has 1 aromatic carbocycles. The fourth-order valence-corrected chi connectivity index (χ4v) is 7.84. The van der Waals surface area contributed by atoms with E-state index in [0.717, 1.165) is 117 Å². The van der Waals surface area contributed by atoms with Crippen molar-refractivity contribution >= 4 is 17.3 Å². The highest BCUT2D eigenvalue weighted by Gasteiger charge is 2.30. The molecule has 1 saturated heterocycles. The zero-order chi connectivity index (χ0) is 35.0. The van der Waals surface area contributed by atoms with Crippen LogP contribution in [0.4, 0.5) is 5.69 Å². The minimum Gasteiger partial charge on any atom is -0.383 e. The van der Waals surface area contributed by atoms with Crippen LogP contribution in [0.1, 0.15) is 108 Å². The predicted molar refractivity (Wildman–Crippen MR) is 199 cm³/mol. The quantitative estimate of drug-likeness (QED) is 0.184. The Morgan fingerprint density at radius 1 is 1.02 bits per heavy atom. The molecule has 48 heavy (non-hydrogen) atoms. The lowest BCUT2D eigenvalue weighted by molar-refractivity contribution is -0.115. The summed E-state index contributed by atoms with van der Waals surface area (Å²) in [6.07, 6.45) is 7.91. The van der Waals surface area contributed by atoms with Gasteiger partial charge in [0.25, 0.3) is 0 Å². The molecule has 3 aliphatic rings. The summed E-state index contributed by atoms with van der Waals surface area (Å²) in [6, 6.07) is 5.24. The summed E-state index contributed by atoms with van der Waals surface area (Å²) in [5.74, 6) is 7.18. The van der Waals surface area contributed by atoms with Gasteiger partial charge < -0.3 is 14.5 Å². The Bertz CT molecular complexity index is 1410. The Hall–Kier alpha value is -2.76. The van der Waals surface area contributed by atoms with Crippen molar-refractivity contribution in [2.45, 2.75) is 111 Å². The average Bonchev–Trinajstić information content (AvgIpc) is 3.04. The van der Waals surface area contributed by atoms with Crippen LogP contribution < -0.4 is 4.90 Å². The van der Waals surface area contributed by atoms with Crippen LogP contribution in [-0.2, 0) is 9.53 Å². The Labute approximate surface area is 291 Å². The van der Waals surface area contributed by atoms with E-state index >= 15 is 0 Å². The van der Waals surface area contributed by atoms with Crippen LogP contribution in [0.15, 0.2) is 34.9 Å². The Morgan fingerprint density at radius 2 is 1.69 bits per heavy atom. The molecule has 0 radical (unpaired) electrons. The summed E-state index contributed by atoms with van der Waals surface area (Å²) in [5, 5.41) is 0. The van der Waals surface area contributed by atoms with Crippen molar-refractivity contribution in [2.75, 3.05) is 71.5 Å². The smallest absolute Gasteiger partial charge is 0.163 e. The number of rotatable bonds is 12. The van der Waals surface area contributed by atoms with Gasteiger partial charge in [0.15, 0.2) is 11.6 Å². The summed E-state index contributed by atoms with van der Waals surface area (Å²) in [7, 11) is 3.98. The van der Waals surface area contributed by atoms with Crippen molar-refractivity contribution in [3.05, 3.63) is 51.6 Å². The number of nitrogens with zero attached hydrogens (tertiary/aromatic N) is 4. The monoisotopic (exact) mass is 658 g/mol. The van der Waals surface area contributed by atoms with E-state index in [1.165, 1.54) is 0 Å². The van der Waals surface area contributed by atoms with E-state index in [1.807, 2.05) is 19.9 Å². The van der Waals surface area contributed by atoms with E-state index in [-0.39, 0.29) is 17.1 Å². The highest BCUT2D eigenvalue weighted by Crippen LogP contribution is 2.34. The van der Waals surface area contributed by atoms with Gasteiger partial charge in [-0.2, -0.15) is 0 Å². The van der Waals surface area contributed by atoms with E-state index in [1.54, 1.807) is 7.11 Å². The number of ether oxygens (including phenoxy) is 1. The lowest BCUT2D eigenvalue weighted by Crippen LogP contribution is -2.53. The Kier molecular flexibility index (Phi) is 13.7. The van der Waals surface area contributed by atoms with Crippen molar-refractivity contribution in [3.8, 4) is 11.8 Å². The number of ketones is 2. The van der Waals surface area contributed by atoms with Crippen molar-refractivity contribution in [2.24, 2.45) is 0 Å². The topological polar surface area (TPSA) is 56.3 Å². The maximum atomic E-state index is 14.0. The number of likely N-dealkylation sites (N-methyl/N-ethyl adjacent to an activating group) is 1. The molecule has 0 bridgehead atoms. The molecule has 1 heterocycles. The lowest BCUT2D eigenvalue weighted by Gasteiger charge is -2.41. The molecule has 0 unspecified atom stereocenters. The third-order valence-electron chi connectivity index (χ3n) is 10.9. The molecule has 1 aromatic rings. The highest BCUT2D eigenvalue weighted by molar-refractivity contribution is 6.02. The number of carbonyl (C=O) groups excluding carboxylic acids is 2. The first kappa shape index (κ1) is 38.0. The fraction of sp³-hybridized carbons (Fsp3) is 0.659. The fourth-order valence-electron chi connectivity index (χ4n) is 7.84.